The zero-order valence-corrected chi connectivity index (χ0v) is 9.31. The van der Waals surface area contributed by atoms with E-state index in [1.165, 1.54) is 18.9 Å². The summed E-state index contributed by atoms with van der Waals surface area (Å²) in [6.45, 7) is 2.00. The third kappa shape index (κ3) is 3.01. The Balaban J connectivity index is 2.01. The number of rotatable bonds is 2. The predicted octanol–water partition coefficient (Wildman–Crippen LogP) is 2.90. The molecule has 0 amide bonds. The summed E-state index contributed by atoms with van der Waals surface area (Å²) in [6.07, 6.45) is 4.23. The molecule has 0 radical (unpaired) electrons. The van der Waals surface area contributed by atoms with Crippen LogP contribution in [0.4, 0.5) is 8.78 Å². The van der Waals surface area contributed by atoms with Crippen molar-refractivity contribution in [3.63, 3.8) is 0 Å². The lowest BCUT2D eigenvalue weighted by Crippen LogP contribution is -2.22. The largest absolute Gasteiger partial charge is 0.316 e. The van der Waals surface area contributed by atoms with Gasteiger partial charge in [-0.3, -0.25) is 0 Å². The van der Waals surface area contributed by atoms with Crippen LogP contribution in [0.1, 0.15) is 24.8 Å². The Hall–Kier alpha value is -0.960. The highest BCUT2D eigenvalue weighted by molar-refractivity contribution is 5.19. The van der Waals surface area contributed by atoms with Crippen LogP contribution in [-0.4, -0.2) is 13.1 Å². The van der Waals surface area contributed by atoms with Crippen LogP contribution >= 0.6 is 0 Å². The molecule has 3 heteroatoms. The van der Waals surface area contributed by atoms with E-state index in [0.29, 0.717) is 17.9 Å². The standard InChI is InChI=1S/C13H17F2N/c14-12-5-4-11(13(15)8-12)7-10-3-1-2-6-16-9-10/h4-5,8,10,16H,1-3,6-7,9H2. The second-order valence-corrected chi connectivity index (χ2v) is 4.51. The zero-order valence-electron chi connectivity index (χ0n) is 9.31. The van der Waals surface area contributed by atoms with Gasteiger partial charge in [0.2, 0.25) is 0 Å². The number of hydrogen-bond donors (Lipinski definition) is 1. The van der Waals surface area contributed by atoms with E-state index < -0.39 is 11.6 Å². The summed E-state index contributed by atoms with van der Waals surface area (Å²) < 4.78 is 26.2. The molecule has 0 aromatic heterocycles. The highest BCUT2D eigenvalue weighted by Gasteiger charge is 2.14. The average Bonchev–Trinajstić information content (AvgIpc) is 2.51. The molecule has 1 nitrogen and oxygen atoms in total. The van der Waals surface area contributed by atoms with E-state index in [4.69, 9.17) is 0 Å². The Morgan fingerprint density at radius 3 is 2.94 bits per heavy atom. The molecular weight excluding hydrogens is 208 g/mol. The molecule has 88 valence electrons. The summed E-state index contributed by atoms with van der Waals surface area (Å²) in [6, 6.07) is 3.87. The van der Waals surface area contributed by atoms with Gasteiger partial charge in [0.05, 0.1) is 0 Å². The lowest BCUT2D eigenvalue weighted by molar-refractivity contribution is 0.463. The molecule has 1 unspecified atom stereocenters. The maximum absolute atomic E-state index is 13.4. The molecule has 1 aliphatic heterocycles. The smallest absolute Gasteiger partial charge is 0.129 e. The van der Waals surface area contributed by atoms with Crippen LogP contribution in [0.15, 0.2) is 18.2 Å². The van der Waals surface area contributed by atoms with Gasteiger partial charge in [0, 0.05) is 6.07 Å². The van der Waals surface area contributed by atoms with Gasteiger partial charge in [0.1, 0.15) is 11.6 Å². The van der Waals surface area contributed by atoms with E-state index in [0.717, 1.165) is 25.6 Å². The van der Waals surface area contributed by atoms with Gasteiger partial charge in [0.15, 0.2) is 0 Å². The minimum absolute atomic E-state index is 0.413. The van der Waals surface area contributed by atoms with E-state index in [9.17, 15) is 8.78 Å². The molecule has 1 fully saturated rings. The molecule has 0 aliphatic carbocycles. The van der Waals surface area contributed by atoms with E-state index in [-0.39, 0.29) is 0 Å². The quantitative estimate of drug-likeness (QED) is 0.816. The highest BCUT2D eigenvalue weighted by atomic mass is 19.1. The fourth-order valence-electron chi connectivity index (χ4n) is 2.26. The summed E-state index contributed by atoms with van der Waals surface area (Å²) in [5, 5.41) is 3.35. The van der Waals surface area contributed by atoms with Gasteiger partial charge in [-0.2, -0.15) is 0 Å². The second kappa shape index (κ2) is 5.39. The van der Waals surface area contributed by atoms with Crippen molar-refractivity contribution in [1.29, 1.82) is 0 Å². The van der Waals surface area contributed by atoms with Gasteiger partial charge in [-0.15, -0.1) is 0 Å². The fourth-order valence-corrected chi connectivity index (χ4v) is 2.26. The summed E-state index contributed by atoms with van der Waals surface area (Å²) in [4.78, 5) is 0. The van der Waals surface area contributed by atoms with Crippen molar-refractivity contribution in [2.75, 3.05) is 13.1 Å². The van der Waals surface area contributed by atoms with Gasteiger partial charge >= 0.3 is 0 Å². The molecule has 1 aromatic carbocycles. The fraction of sp³-hybridized carbons (Fsp3) is 0.538. The van der Waals surface area contributed by atoms with Crippen LogP contribution in [0, 0.1) is 17.6 Å². The van der Waals surface area contributed by atoms with Crippen molar-refractivity contribution >= 4 is 0 Å². The molecule has 0 spiro atoms. The molecule has 0 saturated carbocycles. The normalized spacial score (nSPS) is 21.8. The molecule has 1 aromatic rings. The molecule has 2 rings (SSSR count). The molecule has 1 atom stereocenters. The number of halogens is 2. The van der Waals surface area contributed by atoms with Crippen molar-refractivity contribution in [3.05, 3.63) is 35.4 Å². The second-order valence-electron chi connectivity index (χ2n) is 4.51. The first kappa shape index (κ1) is 11.5. The van der Waals surface area contributed by atoms with Crippen molar-refractivity contribution in [2.45, 2.75) is 25.7 Å². The number of nitrogens with one attached hydrogen (secondary N) is 1. The Kier molecular flexibility index (Phi) is 3.88. The van der Waals surface area contributed by atoms with Gasteiger partial charge < -0.3 is 5.32 Å². The van der Waals surface area contributed by atoms with E-state index in [1.807, 2.05) is 0 Å². The maximum atomic E-state index is 13.4. The zero-order chi connectivity index (χ0) is 11.4. The van der Waals surface area contributed by atoms with E-state index in [1.54, 1.807) is 6.07 Å². The minimum atomic E-state index is -0.500. The minimum Gasteiger partial charge on any atom is -0.316 e. The van der Waals surface area contributed by atoms with E-state index in [2.05, 4.69) is 5.32 Å². The first-order chi connectivity index (χ1) is 7.75. The third-order valence-corrected chi connectivity index (χ3v) is 3.17. The van der Waals surface area contributed by atoms with E-state index >= 15 is 0 Å². The summed E-state index contributed by atoms with van der Waals surface area (Å²) in [5.74, 6) is -0.438. The van der Waals surface area contributed by atoms with Crippen LogP contribution < -0.4 is 5.32 Å². The summed E-state index contributed by atoms with van der Waals surface area (Å²) in [5.41, 5.74) is 0.634. The van der Waals surface area contributed by atoms with Crippen molar-refractivity contribution in [2.24, 2.45) is 5.92 Å². The lowest BCUT2D eigenvalue weighted by atomic mass is 9.95. The van der Waals surface area contributed by atoms with Gasteiger partial charge in [-0.05, 0) is 49.9 Å². The predicted molar refractivity (Wildman–Crippen MR) is 60.3 cm³/mol. The first-order valence-electron chi connectivity index (χ1n) is 5.90. The van der Waals surface area contributed by atoms with Crippen LogP contribution in [0.25, 0.3) is 0 Å². The van der Waals surface area contributed by atoms with Crippen molar-refractivity contribution in [3.8, 4) is 0 Å². The molecule has 1 aliphatic rings. The molecular formula is C13H17F2N. The molecule has 0 bridgehead atoms. The number of hydrogen-bond acceptors (Lipinski definition) is 1. The molecule has 1 N–H and O–H groups in total. The van der Waals surface area contributed by atoms with Crippen molar-refractivity contribution < 1.29 is 8.78 Å². The van der Waals surface area contributed by atoms with Gasteiger partial charge in [0.25, 0.3) is 0 Å². The Morgan fingerprint density at radius 2 is 2.12 bits per heavy atom. The Bertz CT molecular complexity index is 344. The Morgan fingerprint density at radius 1 is 1.25 bits per heavy atom. The Labute approximate surface area is 94.9 Å². The molecule has 1 saturated heterocycles. The highest BCUT2D eigenvalue weighted by Crippen LogP contribution is 2.19. The van der Waals surface area contributed by atoms with Crippen LogP contribution in [0.5, 0.6) is 0 Å². The summed E-state index contributed by atoms with van der Waals surface area (Å²) >= 11 is 0. The van der Waals surface area contributed by atoms with Crippen molar-refractivity contribution in [1.82, 2.24) is 5.32 Å². The van der Waals surface area contributed by atoms with Crippen LogP contribution in [0.3, 0.4) is 0 Å². The number of benzene rings is 1. The van der Waals surface area contributed by atoms with Gasteiger partial charge in [-0.1, -0.05) is 12.5 Å². The lowest BCUT2D eigenvalue weighted by Gasteiger charge is -2.14. The topological polar surface area (TPSA) is 12.0 Å². The SMILES string of the molecule is Fc1ccc(CC2CCCCNC2)c(F)c1. The third-order valence-electron chi connectivity index (χ3n) is 3.17. The molecule has 1 heterocycles. The molecule has 16 heavy (non-hydrogen) atoms. The summed E-state index contributed by atoms with van der Waals surface area (Å²) in [7, 11) is 0. The van der Waals surface area contributed by atoms with Gasteiger partial charge in [-0.25, -0.2) is 8.78 Å². The first-order valence-corrected chi connectivity index (χ1v) is 5.90. The maximum Gasteiger partial charge on any atom is 0.129 e. The van der Waals surface area contributed by atoms with Crippen LogP contribution in [0.2, 0.25) is 0 Å². The van der Waals surface area contributed by atoms with Crippen LogP contribution in [-0.2, 0) is 6.42 Å². The average molecular weight is 225 g/mol. The monoisotopic (exact) mass is 225 g/mol.